The van der Waals surface area contributed by atoms with Gasteiger partial charge < -0.3 is 0 Å². The van der Waals surface area contributed by atoms with Crippen LogP contribution in [0, 0.1) is 0 Å². The molecule has 0 rings (SSSR count). The summed E-state index contributed by atoms with van der Waals surface area (Å²) in [5, 5.41) is 0. The molecule has 0 atom stereocenters. The average molecular weight is 186 g/mol. The second-order valence-corrected chi connectivity index (χ2v) is 1.22. The molecule has 0 aromatic heterocycles. The van der Waals surface area contributed by atoms with Crippen LogP contribution in [0.4, 0.5) is 0 Å². The fourth-order valence-corrected chi connectivity index (χ4v) is 0. The molecule has 0 amide bonds. The molecule has 0 aromatic rings. The van der Waals surface area contributed by atoms with E-state index in [4.69, 9.17) is 0 Å². The smallest absolute Gasteiger partial charge is 0.0283 e. The van der Waals surface area contributed by atoms with E-state index in [1.807, 2.05) is 5.70 Å². The number of hydrogen-bond donors (Lipinski definition) is 0. The first kappa shape index (κ1) is 8.82. The highest BCUT2D eigenvalue weighted by Crippen LogP contribution is 1.24. The van der Waals surface area contributed by atoms with Crippen molar-refractivity contribution >= 4 is 34.2 Å². The van der Waals surface area contributed by atoms with Gasteiger partial charge >= 0.3 is 0 Å². The topological polar surface area (TPSA) is 0 Å². The van der Waals surface area contributed by atoms with Crippen molar-refractivity contribution in [3.63, 3.8) is 0 Å². The van der Waals surface area contributed by atoms with Gasteiger partial charge in [0.1, 0.15) is 0 Å². The number of rotatable bonds is 0. The van der Waals surface area contributed by atoms with Gasteiger partial charge in [-0.25, -0.2) is 0 Å². The van der Waals surface area contributed by atoms with E-state index in [9.17, 15) is 0 Å². The molecule has 0 N–H and O–H groups in total. The van der Waals surface area contributed by atoms with Crippen molar-refractivity contribution in [2.75, 3.05) is 0 Å². The fourth-order valence-electron chi connectivity index (χ4n) is 0. The molecular weight excluding hydrogens is 179 g/mol. The minimum absolute atomic E-state index is 0. The Bertz CT molecular complexity index is 13.5. The normalized spacial score (nSPS) is 4.00. The summed E-state index contributed by atoms with van der Waals surface area (Å²) in [5.74, 6) is 0. The summed E-state index contributed by atoms with van der Waals surface area (Å²) in [7, 11) is 1.13. The summed E-state index contributed by atoms with van der Waals surface area (Å²) in [4.78, 5) is 0. The van der Waals surface area contributed by atoms with Gasteiger partial charge in [0, 0.05) is 10.2 Å². The zero-order valence-corrected chi connectivity index (χ0v) is 7.02. The predicted octanol–water partition coefficient (Wildman–Crippen LogP) is 0.113. The van der Waals surface area contributed by atoms with Crippen molar-refractivity contribution < 1.29 is 0 Å². The standard InChI is InChI=1S/C2H6Si.HI/c1-2-3;/h2H,1H2,3H3;1H. The second-order valence-electron chi connectivity index (χ2n) is 0.408. The summed E-state index contributed by atoms with van der Waals surface area (Å²) in [6.45, 7) is 3.42. The van der Waals surface area contributed by atoms with Crippen molar-refractivity contribution in [1.29, 1.82) is 0 Å². The van der Waals surface area contributed by atoms with Crippen LogP contribution in [0.3, 0.4) is 0 Å². The summed E-state index contributed by atoms with van der Waals surface area (Å²) in [5.41, 5.74) is 1.89. The van der Waals surface area contributed by atoms with E-state index in [-0.39, 0.29) is 24.0 Å². The maximum atomic E-state index is 3.42. The zero-order chi connectivity index (χ0) is 2.71. The summed E-state index contributed by atoms with van der Waals surface area (Å²) in [6.07, 6.45) is 0. The molecule has 0 saturated carbocycles. The van der Waals surface area contributed by atoms with Crippen molar-refractivity contribution in [3.05, 3.63) is 12.3 Å². The Balaban J connectivity index is 0. The van der Waals surface area contributed by atoms with E-state index in [0.29, 0.717) is 0 Å². The molecule has 0 aromatic carbocycles. The minimum atomic E-state index is 0. The van der Waals surface area contributed by atoms with E-state index in [0.717, 1.165) is 10.2 Å². The van der Waals surface area contributed by atoms with Crippen LogP contribution in [-0.4, -0.2) is 10.2 Å². The molecule has 0 radical (unpaired) electrons. The van der Waals surface area contributed by atoms with Gasteiger partial charge in [0.25, 0.3) is 0 Å². The van der Waals surface area contributed by atoms with Gasteiger partial charge in [-0.3, -0.25) is 0 Å². The molecule has 0 saturated heterocycles. The van der Waals surface area contributed by atoms with Crippen LogP contribution in [0.25, 0.3) is 0 Å². The average Bonchev–Trinajstić information content (AvgIpc) is 0.918. The van der Waals surface area contributed by atoms with Gasteiger partial charge in [-0.15, -0.1) is 36.3 Å². The molecular formula is C2H7ISi. The molecule has 0 spiro atoms. The first-order chi connectivity index (χ1) is 1.41. The number of halogens is 1. The van der Waals surface area contributed by atoms with Crippen LogP contribution in [0.5, 0.6) is 0 Å². The summed E-state index contributed by atoms with van der Waals surface area (Å²) < 4.78 is 0. The molecule has 0 aliphatic rings. The van der Waals surface area contributed by atoms with Crippen molar-refractivity contribution in [1.82, 2.24) is 0 Å². The lowest BCUT2D eigenvalue weighted by molar-refractivity contribution is 2.63. The molecule has 0 heterocycles. The quantitative estimate of drug-likeness (QED) is 0.372. The lowest BCUT2D eigenvalue weighted by atomic mass is 11.3. The molecule has 0 unspecified atom stereocenters. The highest BCUT2D eigenvalue weighted by Gasteiger charge is 1.16. The van der Waals surface area contributed by atoms with E-state index < -0.39 is 0 Å². The van der Waals surface area contributed by atoms with Gasteiger partial charge in [0.05, 0.1) is 0 Å². The van der Waals surface area contributed by atoms with Gasteiger partial charge in [-0.1, -0.05) is 0 Å². The predicted molar refractivity (Wildman–Crippen MR) is 35.6 cm³/mol. The van der Waals surface area contributed by atoms with Crippen LogP contribution < -0.4 is 0 Å². The molecule has 0 bridgehead atoms. The highest BCUT2D eigenvalue weighted by molar-refractivity contribution is 14.0. The Kier molecular flexibility index (Phi) is 20.6. The highest BCUT2D eigenvalue weighted by atomic mass is 127. The Labute approximate surface area is 46.7 Å². The van der Waals surface area contributed by atoms with Crippen molar-refractivity contribution in [2.24, 2.45) is 0 Å². The zero-order valence-electron chi connectivity index (χ0n) is 2.69. The molecule has 0 aliphatic heterocycles. The monoisotopic (exact) mass is 186 g/mol. The number of hydrogen-bond acceptors (Lipinski definition) is 0. The first-order valence-corrected chi connectivity index (χ1v) is 2.14. The third kappa shape index (κ3) is 16.2. The maximum absolute atomic E-state index is 3.42. The van der Waals surface area contributed by atoms with E-state index in [2.05, 4.69) is 6.58 Å². The van der Waals surface area contributed by atoms with Crippen LogP contribution in [0.2, 0.25) is 0 Å². The van der Waals surface area contributed by atoms with Crippen molar-refractivity contribution in [3.8, 4) is 0 Å². The SMILES string of the molecule is C=C[SiH3].I. The Morgan fingerprint density at radius 3 is 1.75 bits per heavy atom. The molecule has 4 heavy (non-hydrogen) atoms. The molecule has 0 fully saturated rings. The third-order valence-electron chi connectivity index (χ3n) is 0. The van der Waals surface area contributed by atoms with Gasteiger partial charge in [-0.2, -0.15) is 0 Å². The van der Waals surface area contributed by atoms with Crippen LogP contribution in [0.1, 0.15) is 0 Å². The van der Waals surface area contributed by atoms with Crippen molar-refractivity contribution in [2.45, 2.75) is 0 Å². The molecule has 0 aliphatic carbocycles. The molecule has 0 nitrogen and oxygen atoms in total. The van der Waals surface area contributed by atoms with Gasteiger partial charge in [0.2, 0.25) is 0 Å². The Morgan fingerprint density at radius 2 is 1.75 bits per heavy atom. The van der Waals surface area contributed by atoms with E-state index in [1.165, 1.54) is 0 Å². The largest absolute Gasteiger partial charge is 0.112 e. The Hall–Kier alpha value is 0.687. The van der Waals surface area contributed by atoms with Crippen LogP contribution in [-0.2, 0) is 0 Å². The third-order valence-corrected chi connectivity index (χ3v) is 0. The van der Waals surface area contributed by atoms with Gasteiger partial charge in [0.15, 0.2) is 0 Å². The molecule has 2 heteroatoms. The lowest BCUT2D eigenvalue weighted by Crippen LogP contribution is -1.29. The fraction of sp³-hybridized carbons (Fsp3) is 0. The van der Waals surface area contributed by atoms with E-state index in [1.54, 1.807) is 0 Å². The minimum Gasteiger partial charge on any atom is -0.112 e. The second kappa shape index (κ2) is 9.35. The van der Waals surface area contributed by atoms with Gasteiger partial charge in [-0.05, 0) is 0 Å². The summed E-state index contributed by atoms with van der Waals surface area (Å²) >= 11 is 0. The maximum Gasteiger partial charge on any atom is 0.0283 e. The van der Waals surface area contributed by atoms with Crippen LogP contribution in [0.15, 0.2) is 12.3 Å². The first-order valence-electron chi connectivity index (χ1n) is 0.986. The molecule has 26 valence electrons. The lowest BCUT2D eigenvalue weighted by Gasteiger charge is -1.29. The van der Waals surface area contributed by atoms with E-state index >= 15 is 0 Å². The van der Waals surface area contributed by atoms with Crippen LogP contribution >= 0.6 is 24.0 Å². The Morgan fingerprint density at radius 1 is 1.75 bits per heavy atom. The summed E-state index contributed by atoms with van der Waals surface area (Å²) in [6, 6.07) is 0.